The van der Waals surface area contributed by atoms with Crippen molar-refractivity contribution in [1.82, 2.24) is 19.4 Å². The van der Waals surface area contributed by atoms with Gasteiger partial charge in [0.25, 0.3) is 5.91 Å². The predicted octanol–water partition coefficient (Wildman–Crippen LogP) is -1.19. The maximum atomic E-state index is 12.9. The number of carboxylic acids is 1. The summed E-state index contributed by atoms with van der Waals surface area (Å²) < 4.78 is 61.8. The van der Waals surface area contributed by atoms with Gasteiger partial charge in [-0.1, -0.05) is 6.07 Å². The number of ether oxygens (including phenoxy) is 1. The van der Waals surface area contributed by atoms with E-state index in [0.29, 0.717) is 31.2 Å². The van der Waals surface area contributed by atoms with E-state index in [2.05, 4.69) is 20.3 Å². The Hall–Kier alpha value is -3.79. The van der Waals surface area contributed by atoms with Gasteiger partial charge in [0.1, 0.15) is 18.2 Å². The van der Waals surface area contributed by atoms with Crippen LogP contribution in [0, 0.1) is 6.92 Å². The Morgan fingerprint density at radius 1 is 1.19 bits per heavy atom. The normalized spacial score (nSPS) is 15.5. The van der Waals surface area contributed by atoms with E-state index in [1.165, 1.54) is 7.11 Å². The molecular weight excluding hydrogens is 521 g/mol. The topological polar surface area (TPSA) is 160 Å². The van der Waals surface area contributed by atoms with E-state index in [0.717, 1.165) is 16.1 Å². The summed E-state index contributed by atoms with van der Waals surface area (Å²) in [6.45, 7) is 3.40. The number of imidazole rings is 1. The standard InChI is InChI=1S/C19H22N6O4S.C2HF3O2/c1-13-11-16(29-2)22-19(20-13)23-18(26)17-21-14(15-5-3-4-6-25(15)17)12-24-7-9-30(27,28)10-8-24;3-2(4,5)1(6)7/h3-6,11H,7-10,12H2,1-2H3,(H,20,22,23,26);(H,6,7). The number of anilines is 1. The van der Waals surface area contributed by atoms with Crippen molar-refractivity contribution in [1.29, 1.82) is 0 Å². The third kappa shape index (κ3) is 7.36. The Morgan fingerprint density at radius 2 is 1.84 bits per heavy atom. The molecule has 4 rings (SSSR count). The molecule has 16 heteroatoms. The van der Waals surface area contributed by atoms with Crippen LogP contribution < -0.4 is 20.1 Å². The van der Waals surface area contributed by atoms with Gasteiger partial charge in [0.2, 0.25) is 17.7 Å². The van der Waals surface area contributed by atoms with Crippen molar-refractivity contribution in [3.05, 3.63) is 47.7 Å². The molecule has 1 aliphatic heterocycles. The minimum Gasteiger partial charge on any atom is -0.542 e. The van der Waals surface area contributed by atoms with E-state index < -0.39 is 27.9 Å². The summed E-state index contributed by atoms with van der Waals surface area (Å²) in [5.74, 6) is -2.39. The Morgan fingerprint density at radius 3 is 2.43 bits per heavy atom. The summed E-state index contributed by atoms with van der Waals surface area (Å²) in [4.78, 5) is 35.8. The quantitative estimate of drug-likeness (QED) is 0.402. The number of amides is 1. The van der Waals surface area contributed by atoms with Crippen LogP contribution in [0.3, 0.4) is 0 Å². The monoisotopic (exact) mass is 544 g/mol. The molecule has 0 aliphatic carbocycles. The molecule has 12 nitrogen and oxygen atoms in total. The highest BCUT2D eigenvalue weighted by Gasteiger charge is 2.29. The molecule has 3 aromatic rings. The number of aryl methyl sites for hydroxylation is 1. The fourth-order valence-electron chi connectivity index (χ4n) is 3.49. The number of pyridine rings is 1. The molecule has 1 amide bonds. The Labute approximate surface area is 209 Å². The second-order valence-corrected chi connectivity index (χ2v) is 10.3. The minimum atomic E-state index is -5.19. The van der Waals surface area contributed by atoms with Crippen LogP contribution in [0.25, 0.3) is 5.52 Å². The second kappa shape index (κ2) is 11.1. The maximum Gasteiger partial charge on any atom is 0.430 e. The molecular formula is C21H23F3N6O6S. The maximum absolute atomic E-state index is 12.9. The zero-order valence-corrected chi connectivity index (χ0v) is 20.5. The number of sulfone groups is 1. The number of nitrogens with zero attached hydrogens (tertiary/aromatic N) is 4. The number of nitrogens with one attached hydrogen (secondary N) is 2. The summed E-state index contributed by atoms with van der Waals surface area (Å²) in [6, 6.07) is 7.26. The first-order chi connectivity index (χ1) is 17.3. The van der Waals surface area contributed by atoms with Gasteiger partial charge in [-0.05, 0) is 19.1 Å². The molecule has 0 spiro atoms. The molecule has 2 N–H and O–H groups in total. The summed E-state index contributed by atoms with van der Waals surface area (Å²) in [6.07, 6.45) is -3.42. The van der Waals surface area contributed by atoms with Gasteiger partial charge in [0.05, 0.1) is 37.2 Å². The minimum absolute atomic E-state index is 0.137. The van der Waals surface area contributed by atoms with Crippen LogP contribution in [0.4, 0.5) is 19.1 Å². The molecule has 0 radical (unpaired) electrons. The van der Waals surface area contributed by atoms with E-state index in [-0.39, 0.29) is 23.3 Å². The van der Waals surface area contributed by atoms with Crippen LogP contribution in [-0.4, -0.2) is 77.5 Å². The van der Waals surface area contributed by atoms with Gasteiger partial charge in [0.15, 0.2) is 9.84 Å². The van der Waals surface area contributed by atoms with Crippen molar-refractivity contribution in [3.63, 3.8) is 0 Å². The van der Waals surface area contributed by atoms with Gasteiger partial charge in [-0.25, -0.2) is 18.4 Å². The Balaban J connectivity index is 0.000000479. The highest BCUT2D eigenvalue weighted by atomic mass is 32.2. The molecule has 37 heavy (non-hydrogen) atoms. The van der Waals surface area contributed by atoms with Crippen LogP contribution in [0.1, 0.15) is 22.0 Å². The molecule has 3 aromatic heterocycles. The lowest BCUT2D eigenvalue weighted by molar-refractivity contribution is -0.910. The van der Waals surface area contributed by atoms with Crippen LogP contribution in [0.2, 0.25) is 0 Å². The SMILES string of the molecule is COc1cc(C)nc(NC(=O)c2nc(C[NH+]3CCS(=O)(=O)CC3)c3ccccn23)n1.O=C([O-])C(F)(F)F. The van der Waals surface area contributed by atoms with E-state index in [4.69, 9.17) is 14.6 Å². The molecule has 0 aromatic carbocycles. The smallest absolute Gasteiger partial charge is 0.430 e. The van der Waals surface area contributed by atoms with Crippen molar-refractivity contribution in [2.45, 2.75) is 19.6 Å². The number of alkyl halides is 3. The van der Waals surface area contributed by atoms with Crippen LogP contribution >= 0.6 is 0 Å². The average Bonchev–Trinajstić information content (AvgIpc) is 3.18. The summed E-state index contributed by atoms with van der Waals surface area (Å²) in [5, 5.41) is 11.5. The van der Waals surface area contributed by atoms with Gasteiger partial charge in [-0.2, -0.15) is 18.2 Å². The first-order valence-electron chi connectivity index (χ1n) is 10.8. The third-order valence-corrected chi connectivity index (χ3v) is 6.93. The van der Waals surface area contributed by atoms with Crippen LogP contribution in [-0.2, 0) is 21.2 Å². The number of carbonyl (C=O) groups excluding carboxylic acids is 2. The van der Waals surface area contributed by atoms with E-state index in [1.54, 1.807) is 23.6 Å². The molecule has 1 saturated heterocycles. The number of hydrogen-bond acceptors (Lipinski definition) is 9. The van der Waals surface area contributed by atoms with Gasteiger partial charge in [-0.15, -0.1) is 0 Å². The lowest BCUT2D eigenvalue weighted by atomic mass is 10.3. The van der Waals surface area contributed by atoms with Crippen molar-refractivity contribution in [2.75, 3.05) is 37.0 Å². The number of hydrogen-bond donors (Lipinski definition) is 2. The second-order valence-electron chi connectivity index (χ2n) is 8.03. The zero-order chi connectivity index (χ0) is 27.4. The molecule has 0 unspecified atom stereocenters. The van der Waals surface area contributed by atoms with Crippen molar-refractivity contribution >= 4 is 33.2 Å². The fourth-order valence-corrected chi connectivity index (χ4v) is 4.89. The third-order valence-electron chi connectivity index (χ3n) is 5.28. The van der Waals surface area contributed by atoms with E-state index in [9.17, 15) is 26.4 Å². The zero-order valence-electron chi connectivity index (χ0n) is 19.7. The first kappa shape index (κ1) is 27.8. The van der Waals surface area contributed by atoms with Gasteiger partial charge >= 0.3 is 6.18 Å². The average molecular weight is 545 g/mol. The summed E-state index contributed by atoms with van der Waals surface area (Å²) in [7, 11) is -1.44. The van der Waals surface area contributed by atoms with E-state index >= 15 is 0 Å². The number of carbonyl (C=O) groups is 2. The lowest BCUT2D eigenvalue weighted by Gasteiger charge is -2.22. The number of halogens is 3. The molecule has 1 aliphatic rings. The highest BCUT2D eigenvalue weighted by Crippen LogP contribution is 2.16. The fraction of sp³-hybridized carbons (Fsp3) is 0.381. The largest absolute Gasteiger partial charge is 0.542 e. The van der Waals surface area contributed by atoms with Crippen molar-refractivity contribution in [2.24, 2.45) is 0 Å². The van der Waals surface area contributed by atoms with Crippen LogP contribution in [0.5, 0.6) is 5.88 Å². The number of rotatable bonds is 5. The number of quaternary nitrogens is 1. The number of fused-ring (bicyclic) bond motifs is 1. The molecule has 1 fully saturated rings. The number of methoxy groups -OCH3 is 1. The van der Waals surface area contributed by atoms with Gasteiger partial charge < -0.3 is 19.5 Å². The molecule has 0 saturated carbocycles. The predicted molar refractivity (Wildman–Crippen MR) is 121 cm³/mol. The molecule has 0 bridgehead atoms. The summed E-state index contributed by atoms with van der Waals surface area (Å²) >= 11 is 0. The molecule has 4 heterocycles. The number of aliphatic carboxylic acids is 1. The van der Waals surface area contributed by atoms with Gasteiger partial charge in [0, 0.05) is 18.0 Å². The van der Waals surface area contributed by atoms with Gasteiger partial charge in [-0.3, -0.25) is 14.5 Å². The summed E-state index contributed by atoms with van der Waals surface area (Å²) in [5.41, 5.74) is 2.22. The van der Waals surface area contributed by atoms with E-state index in [1.807, 2.05) is 18.2 Å². The number of carboxylic acid groups (broad SMARTS) is 1. The molecule has 200 valence electrons. The molecule has 0 atom stereocenters. The van der Waals surface area contributed by atoms with Crippen molar-refractivity contribution in [3.8, 4) is 5.88 Å². The van der Waals surface area contributed by atoms with Crippen molar-refractivity contribution < 1.29 is 45.9 Å². The number of aromatic nitrogens is 4. The van der Waals surface area contributed by atoms with Crippen LogP contribution in [0.15, 0.2) is 30.5 Å². The Bertz CT molecular complexity index is 1400. The lowest BCUT2D eigenvalue weighted by Crippen LogP contribution is -3.13. The first-order valence-corrected chi connectivity index (χ1v) is 12.6. The Kier molecular flexibility index (Phi) is 8.32. The highest BCUT2D eigenvalue weighted by molar-refractivity contribution is 7.91.